The van der Waals surface area contributed by atoms with Crippen LogP contribution in [0.1, 0.15) is 48.6 Å². The second kappa shape index (κ2) is 8.73. The maximum atomic E-state index is 6.55. The Morgan fingerprint density at radius 3 is 2.42 bits per heavy atom. The molecular formula is C24H22Cl2N4S. The van der Waals surface area contributed by atoms with Crippen LogP contribution in [-0.4, -0.2) is 20.0 Å². The minimum Gasteiger partial charge on any atom is -0.231 e. The van der Waals surface area contributed by atoms with Crippen molar-refractivity contribution in [3.05, 3.63) is 69.1 Å². The van der Waals surface area contributed by atoms with Crippen molar-refractivity contribution in [1.82, 2.24) is 20.0 Å². The molecule has 158 valence electrons. The predicted octanol–water partition coefficient (Wildman–Crippen LogP) is 7.72. The Labute approximate surface area is 195 Å². The second-order valence-electron chi connectivity index (χ2n) is 7.97. The van der Waals surface area contributed by atoms with Gasteiger partial charge in [0.15, 0.2) is 5.01 Å². The van der Waals surface area contributed by atoms with Crippen molar-refractivity contribution in [2.45, 2.75) is 44.9 Å². The summed E-state index contributed by atoms with van der Waals surface area (Å²) in [4.78, 5) is 0. The van der Waals surface area contributed by atoms with E-state index in [-0.39, 0.29) is 0 Å². The van der Waals surface area contributed by atoms with E-state index in [1.807, 2.05) is 53.2 Å². The number of rotatable bonds is 4. The first-order valence-electron chi connectivity index (χ1n) is 10.6. The second-order valence-corrected chi connectivity index (χ2v) is 9.83. The molecule has 7 heteroatoms. The lowest BCUT2D eigenvalue weighted by molar-refractivity contribution is 0.440. The summed E-state index contributed by atoms with van der Waals surface area (Å²) in [5, 5.41) is 17.4. The SMILES string of the molecule is Cc1c(-c2nnc(C3CCCCC3)s2)nn(-c2ccccc2Cl)c1-c1ccc(Cl)cc1. The van der Waals surface area contributed by atoms with Crippen LogP contribution in [0.5, 0.6) is 0 Å². The molecule has 2 aromatic heterocycles. The highest BCUT2D eigenvalue weighted by molar-refractivity contribution is 7.14. The fourth-order valence-corrected chi connectivity index (χ4v) is 5.68. The van der Waals surface area contributed by atoms with E-state index in [1.165, 1.54) is 32.1 Å². The zero-order chi connectivity index (χ0) is 21.4. The molecule has 1 saturated carbocycles. The molecule has 31 heavy (non-hydrogen) atoms. The highest BCUT2D eigenvalue weighted by Gasteiger charge is 2.25. The molecule has 0 N–H and O–H groups in total. The Kier molecular flexibility index (Phi) is 5.83. The van der Waals surface area contributed by atoms with E-state index in [2.05, 4.69) is 17.1 Å². The smallest absolute Gasteiger partial charge is 0.168 e. The summed E-state index contributed by atoms with van der Waals surface area (Å²) in [7, 11) is 0. The van der Waals surface area contributed by atoms with E-state index >= 15 is 0 Å². The van der Waals surface area contributed by atoms with E-state index in [1.54, 1.807) is 11.3 Å². The van der Waals surface area contributed by atoms with E-state index < -0.39 is 0 Å². The van der Waals surface area contributed by atoms with Gasteiger partial charge in [0.1, 0.15) is 10.7 Å². The number of hydrogen-bond donors (Lipinski definition) is 0. The Balaban J connectivity index is 1.64. The third kappa shape index (κ3) is 4.02. The summed E-state index contributed by atoms with van der Waals surface area (Å²) in [6.45, 7) is 2.08. The third-order valence-electron chi connectivity index (χ3n) is 5.92. The van der Waals surface area contributed by atoms with E-state index in [0.29, 0.717) is 16.0 Å². The minimum atomic E-state index is 0.529. The van der Waals surface area contributed by atoms with E-state index in [9.17, 15) is 0 Å². The first-order chi connectivity index (χ1) is 15.1. The maximum absolute atomic E-state index is 6.55. The Bertz CT molecular complexity index is 1210. The van der Waals surface area contributed by atoms with Gasteiger partial charge < -0.3 is 0 Å². The quantitative estimate of drug-likeness (QED) is 0.307. The molecule has 0 spiro atoms. The summed E-state index contributed by atoms with van der Waals surface area (Å²) in [6.07, 6.45) is 6.30. The van der Waals surface area contributed by atoms with Crippen LogP contribution in [0.4, 0.5) is 0 Å². The van der Waals surface area contributed by atoms with Gasteiger partial charge in [-0.3, -0.25) is 0 Å². The van der Waals surface area contributed by atoms with Crippen LogP contribution in [-0.2, 0) is 0 Å². The fraction of sp³-hybridized carbons (Fsp3) is 0.292. The topological polar surface area (TPSA) is 43.6 Å². The number of aromatic nitrogens is 4. The molecule has 0 atom stereocenters. The van der Waals surface area contributed by atoms with Gasteiger partial charge in [0.25, 0.3) is 0 Å². The van der Waals surface area contributed by atoms with Gasteiger partial charge in [-0.25, -0.2) is 4.68 Å². The molecule has 0 aliphatic heterocycles. The van der Waals surface area contributed by atoms with Crippen LogP contribution in [0.25, 0.3) is 27.6 Å². The molecule has 0 bridgehead atoms. The molecule has 4 nitrogen and oxygen atoms in total. The van der Waals surface area contributed by atoms with E-state index in [0.717, 1.165) is 38.2 Å². The van der Waals surface area contributed by atoms with E-state index in [4.69, 9.17) is 28.3 Å². The van der Waals surface area contributed by atoms with Gasteiger partial charge in [-0.05, 0) is 44.0 Å². The molecule has 1 fully saturated rings. The molecule has 5 rings (SSSR count). The Hall–Kier alpha value is -2.21. The lowest BCUT2D eigenvalue weighted by Crippen LogP contribution is -2.03. The number of benzene rings is 2. The third-order valence-corrected chi connectivity index (χ3v) is 7.58. The van der Waals surface area contributed by atoms with Crippen molar-refractivity contribution in [3.8, 4) is 27.6 Å². The number of hydrogen-bond acceptors (Lipinski definition) is 4. The summed E-state index contributed by atoms with van der Waals surface area (Å²) >= 11 is 14.4. The zero-order valence-corrected chi connectivity index (χ0v) is 19.5. The van der Waals surface area contributed by atoms with Crippen molar-refractivity contribution < 1.29 is 0 Å². The molecule has 0 unspecified atom stereocenters. The molecule has 0 radical (unpaired) electrons. The number of nitrogens with zero attached hydrogens (tertiary/aromatic N) is 4. The van der Waals surface area contributed by atoms with Crippen LogP contribution < -0.4 is 0 Å². The van der Waals surface area contributed by atoms with Crippen molar-refractivity contribution in [3.63, 3.8) is 0 Å². The summed E-state index contributed by atoms with van der Waals surface area (Å²) in [5.41, 5.74) is 4.74. The molecule has 1 aliphatic rings. The maximum Gasteiger partial charge on any atom is 0.168 e. The standard InChI is InChI=1S/C24H22Cl2N4S/c1-15-21(24-28-27-23(31-24)17-7-3-2-4-8-17)29-30(20-10-6-5-9-19(20)26)22(15)16-11-13-18(25)14-12-16/h5-6,9-14,17H,2-4,7-8H2,1H3. The molecule has 0 saturated heterocycles. The van der Waals surface area contributed by atoms with Gasteiger partial charge in [-0.2, -0.15) is 5.10 Å². The van der Waals surface area contributed by atoms with Crippen LogP contribution in [0.15, 0.2) is 48.5 Å². The number of para-hydroxylation sites is 1. The van der Waals surface area contributed by atoms with Crippen LogP contribution >= 0.6 is 34.5 Å². The predicted molar refractivity (Wildman–Crippen MR) is 128 cm³/mol. The van der Waals surface area contributed by atoms with Gasteiger partial charge >= 0.3 is 0 Å². The normalized spacial score (nSPS) is 14.8. The number of halogens is 2. The van der Waals surface area contributed by atoms with Gasteiger partial charge in [0, 0.05) is 22.1 Å². The lowest BCUT2D eigenvalue weighted by Gasteiger charge is -2.18. The molecule has 2 heterocycles. The highest BCUT2D eigenvalue weighted by Crippen LogP contribution is 2.39. The average Bonchev–Trinajstić information content (AvgIpc) is 3.40. The first-order valence-corrected chi connectivity index (χ1v) is 12.1. The van der Waals surface area contributed by atoms with Crippen LogP contribution in [0, 0.1) is 6.92 Å². The Morgan fingerprint density at radius 2 is 1.68 bits per heavy atom. The monoisotopic (exact) mass is 468 g/mol. The van der Waals surface area contributed by atoms with Crippen molar-refractivity contribution >= 4 is 34.5 Å². The molecular weight excluding hydrogens is 447 g/mol. The summed E-state index contributed by atoms with van der Waals surface area (Å²) in [6, 6.07) is 15.6. The summed E-state index contributed by atoms with van der Waals surface area (Å²) in [5.74, 6) is 0.529. The van der Waals surface area contributed by atoms with Crippen LogP contribution in [0.2, 0.25) is 10.0 Å². The minimum absolute atomic E-state index is 0.529. The van der Waals surface area contributed by atoms with Crippen molar-refractivity contribution in [2.75, 3.05) is 0 Å². The van der Waals surface area contributed by atoms with Crippen LogP contribution in [0.3, 0.4) is 0 Å². The molecule has 0 amide bonds. The van der Waals surface area contributed by atoms with Gasteiger partial charge in [0.05, 0.1) is 16.4 Å². The zero-order valence-electron chi connectivity index (χ0n) is 17.2. The largest absolute Gasteiger partial charge is 0.231 e. The van der Waals surface area contributed by atoms with Gasteiger partial charge in [-0.1, -0.05) is 78.1 Å². The van der Waals surface area contributed by atoms with Crippen molar-refractivity contribution in [1.29, 1.82) is 0 Å². The lowest BCUT2D eigenvalue weighted by atomic mass is 9.90. The fourth-order valence-electron chi connectivity index (χ4n) is 4.29. The molecule has 1 aliphatic carbocycles. The Morgan fingerprint density at radius 1 is 0.935 bits per heavy atom. The summed E-state index contributed by atoms with van der Waals surface area (Å²) < 4.78 is 1.91. The average molecular weight is 469 g/mol. The molecule has 2 aromatic carbocycles. The highest BCUT2D eigenvalue weighted by atomic mass is 35.5. The molecule has 4 aromatic rings. The van der Waals surface area contributed by atoms with Crippen molar-refractivity contribution in [2.24, 2.45) is 0 Å². The van der Waals surface area contributed by atoms with Gasteiger partial charge in [-0.15, -0.1) is 10.2 Å². The van der Waals surface area contributed by atoms with Gasteiger partial charge in [0.2, 0.25) is 0 Å². The first kappa shape index (κ1) is 20.7.